The van der Waals surface area contributed by atoms with Crippen molar-refractivity contribution in [1.82, 2.24) is 4.98 Å². The molecule has 5 rings (SSSR count). The third kappa shape index (κ3) is 3.45. The largest absolute Gasteiger partial charge is 0.498 e. The van der Waals surface area contributed by atoms with E-state index in [-0.39, 0.29) is 17.1 Å². The third-order valence-corrected chi connectivity index (χ3v) is 8.90. The summed E-state index contributed by atoms with van der Waals surface area (Å²) in [7, 11) is 1.73. The van der Waals surface area contributed by atoms with Gasteiger partial charge in [-0.25, -0.2) is 4.98 Å². The van der Waals surface area contributed by atoms with Crippen LogP contribution in [-0.4, -0.2) is 24.8 Å². The Labute approximate surface area is 214 Å². The molecule has 0 aliphatic carbocycles. The van der Waals surface area contributed by atoms with Crippen LogP contribution in [0.25, 0.3) is 32.6 Å². The molecule has 0 saturated carbocycles. The maximum Gasteiger partial charge on any atom is 0.240 e. The highest BCUT2D eigenvalue weighted by Gasteiger charge is 2.58. The van der Waals surface area contributed by atoms with Crippen molar-refractivity contribution in [1.29, 1.82) is 0 Å². The number of fused-ring (bicyclic) bond motifs is 3. The first-order valence-electron chi connectivity index (χ1n) is 13.3. The second-order valence-corrected chi connectivity index (χ2v) is 10.6. The standard InChI is InChI=1S/C32H39N2O2/c1-8-31(6)27-16-12-15-25-24-13-10-11-14-26(24)29-30(28(25)27)34(20-21(3)33-29)32(31,9-2)17-18-36-23(5)19-22(4)35-7/h10-16,19-20,22H,8-9,17-18H2,1-7H3/q+1. The predicted octanol–water partition coefficient (Wildman–Crippen LogP) is 7.27. The maximum absolute atomic E-state index is 6.29. The van der Waals surface area contributed by atoms with Crippen molar-refractivity contribution < 1.29 is 14.0 Å². The molecule has 0 amide bonds. The van der Waals surface area contributed by atoms with E-state index in [9.17, 15) is 0 Å². The smallest absolute Gasteiger partial charge is 0.240 e. The number of rotatable bonds is 8. The van der Waals surface area contributed by atoms with E-state index >= 15 is 0 Å². The SMILES string of the molecule is CCC1(C)c2cccc3c4ccccc4c4nc(C)c[n+](c4c23)C1(CC)CCOC(C)=CC(C)OC. The third-order valence-electron chi connectivity index (χ3n) is 8.90. The quantitative estimate of drug-likeness (QED) is 0.150. The van der Waals surface area contributed by atoms with Gasteiger partial charge in [-0.3, -0.25) is 0 Å². The van der Waals surface area contributed by atoms with E-state index in [0.29, 0.717) is 6.61 Å². The Morgan fingerprint density at radius 2 is 1.78 bits per heavy atom. The van der Waals surface area contributed by atoms with Crippen molar-refractivity contribution in [2.24, 2.45) is 0 Å². The molecule has 36 heavy (non-hydrogen) atoms. The van der Waals surface area contributed by atoms with E-state index in [4.69, 9.17) is 14.5 Å². The van der Waals surface area contributed by atoms with Crippen LogP contribution in [0.2, 0.25) is 0 Å². The minimum Gasteiger partial charge on any atom is -0.498 e. The summed E-state index contributed by atoms with van der Waals surface area (Å²) >= 11 is 0. The fourth-order valence-corrected chi connectivity index (χ4v) is 6.80. The number of allylic oxidation sites excluding steroid dienone is 1. The second kappa shape index (κ2) is 9.15. The van der Waals surface area contributed by atoms with Gasteiger partial charge in [0.15, 0.2) is 11.7 Å². The second-order valence-electron chi connectivity index (χ2n) is 10.6. The van der Waals surface area contributed by atoms with E-state index in [1.54, 1.807) is 7.11 Å². The first kappa shape index (κ1) is 24.7. The van der Waals surface area contributed by atoms with Gasteiger partial charge in [0.2, 0.25) is 5.52 Å². The molecule has 188 valence electrons. The Morgan fingerprint density at radius 3 is 2.47 bits per heavy atom. The molecule has 0 spiro atoms. The Balaban J connectivity index is 1.80. The number of ether oxygens (including phenoxy) is 2. The van der Waals surface area contributed by atoms with Gasteiger partial charge in [0, 0.05) is 25.3 Å². The molecule has 0 saturated heterocycles. The molecule has 4 aromatic rings. The minimum atomic E-state index is -0.148. The van der Waals surface area contributed by atoms with E-state index in [2.05, 4.69) is 80.9 Å². The van der Waals surface area contributed by atoms with Crippen LogP contribution in [0.5, 0.6) is 0 Å². The molecule has 1 aliphatic heterocycles. The molecule has 1 aliphatic rings. The number of hydrogen-bond donors (Lipinski definition) is 0. The van der Waals surface area contributed by atoms with E-state index in [1.807, 2.05) is 19.9 Å². The Hall–Kier alpha value is -2.98. The number of aromatic nitrogens is 2. The first-order chi connectivity index (χ1) is 17.3. The van der Waals surface area contributed by atoms with Crippen LogP contribution in [0, 0.1) is 6.92 Å². The Morgan fingerprint density at radius 1 is 1.06 bits per heavy atom. The van der Waals surface area contributed by atoms with E-state index in [0.717, 1.165) is 36.2 Å². The van der Waals surface area contributed by atoms with Crippen LogP contribution >= 0.6 is 0 Å². The van der Waals surface area contributed by atoms with E-state index in [1.165, 1.54) is 32.6 Å². The zero-order valence-corrected chi connectivity index (χ0v) is 22.8. The van der Waals surface area contributed by atoms with Crippen LogP contribution < -0.4 is 4.57 Å². The van der Waals surface area contributed by atoms with Gasteiger partial charge in [-0.1, -0.05) is 56.3 Å². The Bertz CT molecular complexity index is 1490. The lowest BCUT2D eigenvalue weighted by molar-refractivity contribution is -0.756. The molecule has 0 bridgehead atoms. The molecule has 0 radical (unpaired) electrons. The van der Waals surface area contributed by atoms with Crippen LogP contribution in [-0.2, 0) is 20.4 Å². The fourth-order valence-electron chi connectivity index (χ4n) is 6.80. The molecule has 3 aromatic carbocycles. The summed E-state index contributed by atoms with van der Waals surface area (Å²) in [6, 6.07) is 15.6. The average molecular weight is 484 g/mol. The fraction of sp³-hybridized carbons (Fsp3) is 0.438. The lowest BCUT2D eigenvalue weighted by Gasteiger charge is -2.47. The summed E-state index contributed by atoms with van der Waals surface area (Å²) in [6.07, 6.45) is 7.32. The van der Waals surface area contributed by atoms with Crippen molar-refractivity contribution in [3.63, 3.8) is 0 Å². The summed E-state index contributed by atoms with van der Waals surface area (Å²) in [5.41, 5.74) is 4.64. The zero-order valence-electron chi connectivity index (χ0n) is 22.8. The number of methoxy groups -OCH3 is 1. The van der Waals surface area contributed by atoms with Crippen LogP contribution in [0.1, 0.15) is 65.1 Å². The van der Waals surface area contributed by atoms with Crippen molar-refractivity contribution in [3.05, 3.63) is 71.8 Å². The minimum absolute atomic E-state index is 0.0373. The molecular formula is C32H39N2O2+. The monoisotopic (exact) mass is 483 g/mol. The predicted molar refractivity (Wildman–Crippen MR) is 148 cm³/mol. The molecule has 4 nitrogen and oxygen atoms in total. The summed E-state index contributed by atoms with van der Waals surface area (Å²) in [5, 5.41) is 5.19. The van der Waals surface area contributed by atoms with E-state index < -0.39 is 0 Å². The van der Waals surface area contributed by atoms with Crippen LogP contribution in [0.3, 0.4) is 0 Å². The van der Waals surface area contributed by atoms with Gasteiger partial charge in [-0.2, -0.15) is 4.57 Å². The highest BCUT2D eigenvalue weighted by atomic mass is 16.5. The molecule has 4 heteroatoms. The lowest BCUT2D eigenvalue weighted by atomic mass is 9.59. The van der Waals surface area contributed by atoms with Crippen molar-refractivity contribution >= 4 is 32.6 Å². The van der Waals surface area contributed by atoms with Gasteiger partial charge in [-0.15, -0.1) is 0 Å². The number of nitrogens with zero attached hydrogens (tertiary/aromatic N) is 2. The topological polar surface area (TPSA) is 35.2 Å². The Kier molecular flexibility index (Phi) is 6.28. The number of aryl methyl sites for hydroxylation is 1. The molecule has 0 fully saturated rings. The van der Waals surface area contributed by atoms with Crippen molar-refractivity contribution in [2.45, 2.75) is 77.9 Å². The summed E-state index contributed by atoms with van der Waals surface area (Å²) < 4.78 is 14.3. The van der Waals surface area contributed by atoms with Crippen molar-refractivity contribution in [3.8, 4) is 0 Å². The maximum atomic E-state index is 6.29. The summed E-state index contributed by atoms with van der Waals surface area (Å²) in [5.74, 6) is 0.916. The molecule has 3 unspecified atom stereocenters. The average Bonchev–Trinajstić information content (AvgIpc) is 2.89. The summed E-state index contributed by atoms with van der Waals surface area (Å²) in [4.78, 5) is 5.14. The molecular weight excluding hydrogens is 444 g/mol. The lowest BCUT2D eigenvalue weighted by Crippen LogP contribution is -2.68. The highest BCUT2D eigenvalue weighted by molar-refractivity contribution is 6.23. The van der Waals surface area contributed by atoms with Gasteiger partial charge >= 0.3 is 0 Å². The zero-order chi connectivity index (χ0) is 25.7. The number of benzene rings is 3. The highest BCUT2D eigenvalue weighted by Crippen LogP contribution is 2.52. The van der Waals surface area contributed by atoms with Gasteiger partial charge in [0.25, 0.3) is 0 Å². The van der Waals surface area contributed by atoms with Crippen molar-refractivity contribution in [2.75, 3.05) is 13.7 Å². The molecule has 2 heterocycles. The van der Waals surface area contributed by atoms with Gasteiger partial charge < -0.3 is 9.47 Å². The van der Waals surface area contributed by atoms with Gasteiger partial charge in [0.1, 0.15) is 11.2 Å². The van der Waals surface area contributed by atoms with Crippen LogP contribution in [0.4, 0.5) is 0 Å². The summed E-state index contributed by atoms with van der Waals surface area (Å²) in [6.45, 7) is 14.0. The van der Waals surface area contributed by atoms with Gasteiger partial charge in [0.05, 0.1) is 29.3 Å². The first-order valence-corrected chi connectivity index (χ1v) is 13.3. The normalized spacial score (nSPS) is 22.6. The van der Waals surface area contributed by atoms with Crippen LogP contribution in [0.15, 0.2) is 60.5 Å². The van der Waals surface area contributed by atoms with Gasteiger partial charge in [-0.05, 0) is 56.5 Å². The molecule has 1 aromatic heterocycles. The molecule has 3 atom stereocenters. The number of hydrogen-bond acceptors (Lipinski definition) is 3. The molecule has 0 N–H and O–H groups in total.